The molecular weight excluding hydrogens is 331 g/mol. The summed E-state index contributed by atoms with van der Waals surface area (Å²) >= 11 is 0. The largest absolute Gasteiger partial charge is 0.342 e. The van der Waals surface area contributed by atoms with Crippen molar-refractivity contribution >= 4 is 11.8 Å². The first-order chi connectivity index (χ1) is 12.5. The minimum absolute atomic E-state index is 0.0522. The Bertz CT molecular complexity index is 580. The molecule has 1 saturated heterocycles. The summed E-state index contributed by atoms with van der Waals surface area (Å²) in [5, 5.41) is 0. The molecule has 2 rings (SSSR count). The van der Waals surface area contributed by atoms with Crippen molar-refractivity contribution in [2.75, 3.05) is 26.2 Å². The van der Waals surface area contributed by atoms with Crippen LogP contribution in [-0.4, -0.2) is 47.8 Å². The fourth-order valence-electron chi connectivity index (χ4n) is 3.36. The molecule has 1 aromatic rings. The molecule has 26 heavy (non-hydrogen) atoms. The number of halogens is 1. The van der Waals surface area contributed by atoms with Gasteiger partial charge >= 0.3 is 0 Å². The van der Waals surface area contributed by atoms with Crippen LogP contribution in [-0.2, 0) is 16.0 Å². The molecule has 0 radical (unpaired) electrons. The van der Waals surface area contributed by atoms with Gasteiger partial charge in [-0.15, -0.1) is 0 Å². The summed E-state index contributed by atoms with van der Waals surface area (Å²) in [6.07, 6.45) is 5.13. The molecule has 0 N–H and O–H groups in total. The average molecular weight is 362 g/mol. The normalized spacial score (nSPS) is 17.0. The second-order valence-corrected chi connectivity index (χ2v) is 7.15. The van der Waals surface area contributed by atoms with Crippen molar-refractivity contribution in [3.05, 3.63) is 35.6 Å². The first-order valence-electron chi connectivity index (χ1n) is 9.86. The zero-order valence-electron chi connectivity index (χ0n) is 16.0. The number of carbonyl (C=O) groups is 2. The van der Waals surface area contributed by atoms with E-state index < -0.39 is 0 Å². The molecule has 2 amide bonds. The van der Waals surface area contributed by atoms with Crippen molar-refractivity contribution in [2.24, 2.45) is 5.92 Å². The van der Waals surface area contributed by atoms with Gasteiger partial charge in [0.15, 0.2) is 0 Å². The van der Waals surface area contributed by atoms with Crippen LogP contribution in [0.25, 0.3) is 0 Å². The van der Waals surface area contributed by atoms with E-state index in [4.69, 9.17) is 0 Å². The number of hydrogen-bond donors (Lipinski definition) is 0. The van der Waals surface area contributed by atoms with E-state index in [2.05, 4.69) is 13.8 Å². The summed E-state index contributed by atoms with van der Waals surface area (Å²) in [6, 6.07) is 6.37. The van der Waals surface area contributed by atoms with Crippen LogP contribution in [0.1, 0.15) is 51.5 Å². The highest BCUT2D eigenvalue weighted by molar-refractivity contribution is 5.89. The number of likely N-dealkylation sites (tertiary alicyclic amines) is 1. The van der Waals surface area contributed by atoms with Gasteiger partial charge < -0.3 is 9.80 Å². The number of rotatable bonds is 10. The SMILES string of the molecule is CCCCN(CCCC)C(=O)C1CC(=O)N(CCc2ccc(F)cc2)C1. The van der Waals surface area contributed by atoms with Crippen molar-refractivity contribution in [3.63, 3.8) is 0 Å². The van der Waals surface area contributed by atoms with Crippen LogP contribution in [0.5, 0.6) is 0 Å². The smallest absolute Gasteiger partial charge is 0.227 e. The van der Waals surface area contributed by atoms with Crippen LogP contribution in [0, 0.1) is 11.7 Å². The van der Waals surface area contributed by atoms with E-state index in [9.17, 15) is 14.0 Å². The highest BCUT2D eigenvalue weighted by atomic mass is 19.1. The Labute approximate surface area is 156 Å². The lowest BCUT2D eigenvalue weighted by Crippen LogP contribution is -2.39. The van der Waals surface area contributed by atoms with E-state index in [0.29, 0.717) is 25.9 Å². The van der Waals surface area contributed by atoms with Crippen LogP contribution in [0.15, 0.2) is 24.3 Å². The molecule has 0 aliphatic carbocycles. The van der Waals surface area contributed by atoms with Gasteiger partial charge in [-0.3, -0.25) is 9.59 Å². The predicted octanol–water partition coefficient (Wildman–Crippen LogP) is 3.65. The summed E-state index contributed by atoms with van der Waals surface area (Å²) in [5.41, 5.74) is 1.00. The zero-order chi connectivity index (χ0) is 18.9. The number of nitrogens with zero attached hydrogens (tertiary/aromatic N) is 2. The van der Waals surface area contributed by atoms with Crippen molar-refractivity contribution in [1.82, 2.24) is 9.80 Å². The molecule has 0 spiro atoms. The maximum absolute atomic E-state index is 13.0. The Morgan fingerprint density at radius 1 is 1.15 bits per heavy atom. The molecular formula is C21H31FN2O2. The van der Waals surface area contributed by atoms with Gasteiger partial charge in [-0.25, -0.2) is 4.39 Å². The van der Waals surface area contributed by atoms with Gasteiger partial charge in [0, 0.05) is 32.6 Å². The predicted molar refractivity (Wildman–Crippen MR) is 101 cm³/mol. The molecule has 0 aromatic heterocycles. The molecule has 0 bridgehead atoms. The van der Waals surface area contributed by atoms with E-state index in [0.717, 1.165) is 44.3 Å². The first kappa shape index (κ1) is 20.4. The summed E-state index contributed by atoms with van der Waals surface area (Å²) in [7, 11) is 0. The summed E-state index contributed by atoms with van der Waals surface area (Å²) in [6.45, 7) is 6.91. The van der Waals surface area contributed by atoms with Crippen LogP contribution in [0.4, 0.5) is 4.39 Å². The minimum Gasteiger partial charge on any atom is -0.342 e. The fourth-order valence-corrected chi connectivity index (χ4v) is 3.36. The van der Waals surface area contributed by atoms with Crippen molar-refractivity contribution in [3.8, 4) is 0 Å². The summed E-state index contributed by atoms with van der Waals surface area (Å²) < 4.78 is 13.0. The van der Waals surface area contributed by atoms with Crippen molar-refractivity contribution in [1.29, 1.82) is 0 Å². The Kier molecular flexibility index (Phi) is 8.07. The molecule has 0 saturated carbocycles. The Hall–Kier alpha value is -1.91. The standard InChI is InChI=1S/C21H31FN2O2/c1-3-5-12-23(13-6-4-2)21(26)18-15-20(25)24(16-18)14-11-17-7-9-19(22)10-8-17/h7-10,18H,3-6,11-16H2,1-2H3. The molecule has 1 aromatic carbocycles. The highest BCUT2D eigenvalue weighted by Gasteiger charge is 2.35. The van der Waals surface area contributed by atoms with E-state index in [-0.39, 0.29) is 23.5 Å². The Morgan fingerprint density at radius 3 is 2.35 bits per heavy atom. The summed E-state index contributed by atoms with van der Waals surface area (Å²) in [4.78, 5) is 28.9. The maximum atomic E-state index is 13.0. The molecule has 1 atom stereocenters. The van der Waals surface area contributed by atoms with E-state index >= 15 is 0 Å². The molecule has 1 heterocycles. The van der Waals surface area contributed by atoms with Crippen LogP contribution in [0.2, 0.25) is 0 Å². The minimum atomic E-state index is -0.254. The third kappa shape index (κ3) is 5.82. The Balaban J connectivity index is 1.89. The van der Waals surface area contributed by atoms with Gasteiger partial charge in [0.05, 0.1) is 5.92 Å². The fraction of sp³-hybridized carbons (Fsp3) is 0.619. The van der Waals surface area contributed by atoms with Gasteiger partial charge in [0.25, 0.3) is 0 Å². The zero-order valence-corrected chi connectivity index (χ0v) is 16.0. The quantitative estimate of drug-likeness (QED) is 0.637. The van der Waals surface area contributed by atoms with Crippen LogP contribution < -0.4 is 0 Å². The van der Waals surface area contributed by atoms with Gasteiger partial charge in [-0.2, -0.15) is 0 Å². The molecule has 1 unspecified atom stereocenters. The lowest BCUT2D eigenvalue weighted by molar-refractivity contribution is -0.136. The maximum Gasteiger partial charge on any atom is 0.227 e. The molecule has 5 heteroatoms. The van der Waals surface area contributed by atoms with Crippen LogP contribution in [0.3, 0.4) is 0 Å². The summed E-state index contributed by atoms with van der Waals surface area (Å²) in [5.74, 6) is -0.290. The number of unbranched alkanes of at least 4 members (excludes halogenated alkanes) is 2. The van der Waals surface area contributed by atoms with Gasteiger partial charge in [0.2, 0.25) is 11.8 Å². The third-order valence-corrected chi connectivity index (χ3v) is 5.02. The lowest BCUT2D eigenvalue weighted by Gasteiger charge is -2.25. The molecule has 1 aliphatic rings. The number of benzene rings is 1. The Morgan fingerprint density at radius 2 is 1.77 bits per heavy atom. The van der Waals surface area contributed by atoms with Gasteiger partial charge in [-0.1, -0.05) is 38.8 Å². The third-order valence-electron chi connectivity index (χ3n) is 5.02. The van der Waals surface area contributed by atoms with E-state index in [1.807, 2.05) is 4.90 Å². The van der Waals surface area contributed by atoms with E-state index in [1.165, 1.54) is 12.1 Å². The average Bonchev–Trinajstić information content (AvgIpc) is 3.02. The number of carbonyl (C=O) groups excluding carboxylic acids is 2. The lowest BCUT2D eigenvalue weighted by atomic mass is 10.1. The van der Waals surface area contributed by atoms with E-state index in [1.54, 1.807) is 17.0 Å². The highest BCUT2D eigenvalue weighted by Crippen LogP contribution is 2.21. The topological polar surface area (TPSA) is 40.6 Å². The second kappa shape index (κ2) is 10.3. The number of amides is 2. The molecule has 144 valence electrons. The first-order valence-corrected chi connectivity index (χ1v) is 9.86. The van der Waals surface area contributed by atoms with Crippen LogP contribution >= 0.6 is 0 Å². The molecule has 1 aliphatic heterocycles. The second-order valence-electron chi connectivity index (χ2n) is 7.15. The molecule has 1 fully saturated rings. The van der Waals surface area contributed by atoms with Gasteiger partial charge in [-0.05, 0) is 37.0 Å². The molecule has 4 nitrogen and oxygen atoms in total. The monoisotopic (exact) mass is 362 g/mol. The van der Waals surface area contributed by atoms with Gasteiger partial charge in [0.1, 0.15) is 5.82 Å². The number of hydrogen-bond acceptors (Lipinski definition) is 2. The van der Waals surface area contributed by atoms with Crippen molar-refractivity contribution in [2.45, 2.75) is 52.4 Å². The van der Waals surface area contributed by atoms with Crippen molar-refractivity contribution < 1.29 is 14.0 Å².